The Labute approximate surface area is 111 Å². The molecule has 1 aromatic carbocycles. The first kappa shape index (κ1) is 12.8. The van der Waals surface area contributed by atoms with E-state index in [1.165, 1.54) is 5.56 Å². The Morgan fingerprint density at radius 2 is 2.12 bits per heavy atom. The molecule has 0 radical (unpaired) electrons. The Bertz CT molecular complexity index is 386. The maximum Gasteiger partial charge on any atom is 0.136 e. The molecule has 0 unspecified atom stereocenters. The van der Waals surface area contributed by atoms with Crippen LogP contribution in [0.1, 0.15) is 24.8 Å². The summed E-state index contributed by atoms with van der Waals surface area (Å²) >= 11 is 3.45. The van der Waals surface area contributed by atoms with Crippen molar-refractivity contribution in [2.45, 2.75) is 25.7 Å². The van der Waals surface area contributed by atoms with E-state index in [1.807, 2.05) is 12.1 Å². The van der Waals surface area contributed by atoms with Crippen molar-refractivity contribution in [2.75, 3.05) is 13.1 Å². The van der Waals surface area contributed by atoms with Gasteiger partial charge in [-0.25, -0.2) is 0 Å². The number of nitrogens with one attached hydrogen (secondary N) is 1. The molecule has 2 rings (SSSR count). The van der Waals surface area contributed by atoms with Crippen molar-refractivity contribution in [2.24, 2.45) is 5.92 Å². The number of benzene rings is 1. The first-order valence-electron chi connectivity index (χ1n) is 6.23. The number of carbonyl (C=O) groups excluding carboxylic acids is 1. The number of hydrogen-bond acceptors (Lipinski definition) is 2. The van der Waals surface area contributed by atoms with Gasteiger partial charge in [0.15, 0.2) is 0 Å². The van der Waals surface area contributed by atoms with Crippen LogP contribution in [0.25, 0.3) is 0 Å². The number of rotatable bonds is 4. The molecule has 3 heteroatoms. The fourth-order valence-electron chi connectivity index (χ4n) is 2.31. The number of Topliss-reactive ketones (excluding diaryl/α,β-unsaturated/α-hetero) is 1. The minimum atomic E-state index is 0.295. The van der Waals surface area contributed by atoms with E-state index in [-0.39, 0.29) is 0 Å². The van der Waals surface area contributed by atoms with Gasteiger partial charge in [0.1, 0.15) is 5.78 Å². The average Bonchev–Trinajstić information content (AvgIpc) is 2.37. The minimum Gasteiger partial charge on any atom is -0.317 e. The molecule has 1 heterocycles. The first-order chi connectivity index (χ1) is 8.25. The van der Waals surface area contributed by atoms with Gasteiger partial charge in [0, 0.05) is 16.8 Å². The molecule has 92 valence electrons. The topological polar surface area (TPSA) is 29.1 Å². The summed E-state index contributed by atoms with van der Waals surface area (Å²) in [7, 11) is 0. The van der Waals surface area contributed by atoms with E-state index in [9.17, 15) is 4.79 Å². The van der Waals surface area contributed by atoms with Crippen LogP contribution in [0.5, 0.6) is 0 Å². The van der Waals surface area contributed by atoms with Crippen LogP contribution >= 0.6 is 15.9 Å². The molecular formula is C14H18BrNO. The summed E-state index contributed by atoms with van der Waals surface area (Å²) < 4.78 is 1.09. The molecule has 0 amide bonds. The average molecular weight is 296 g/mol. The zero-order valence-corrected chi connectivity index (χ0v) is 11.5. The molecule has 1 N–H and O–H groups in total. The lowest BCUT2D eigenvalue weighted by molar-refractivity contribution is -0.123. The lowest BCUT2D eigenvalue weighted by Crippen LogP contribution is -2.31. The molecule has 0 spiro atoms. The van der Waals surface area contributed by atoms with Crippen LogP contribution in [0, 0.1) is 5.92 Å². The number of aryl methyl sites for hydroxylation is 1. The molecule has 2 nitrogen and oxygen atoms in total. The quantitative estimate of drug-likeness (QED) is 0.925. The highest BCUT2D eigenvalue weighted by Crippen LogP contribution is 2.17. The molecule has 0 aromatic heterocycles. The van der Waals surface area contributed by atoms with Crippen molar-refractivity contribution in [1.82, 2.24) is 5.32 Å². The Hall–Kier alpha value is -0.670. The lowest BCUT2D eigenvalue weighted by atomic mass is 9.90. The molecular weight excluding hydrogens is 278 g/mol. The second kappa shape index (κ2) is 6.31. The normalized spacial score (nSPS) is 17.0. The predicted molar refractivity (Wildman–Crippen MR) is 73.1 cm³/mol. The molecule has 0 saturated carbocycles. The molecule has 1 aliphatic rings. The highest BCUT2D eigenvalue weighted by atomic mass is 79.9. The second-order valence-electron chi connectivity index (χ2n) is 4.62. The van der Waals surface area contributed by atoms with Crippen molar-refractivity contribution in [3.8, 4) is 0 Å². The number of hydrogen-bond donors (Lipinski definition) is 1. The van der Waals surface area contributed by atoms with E-state index in [0.717, 1.165) is 36.8 Å². The number of ketones is 1. The molecule has 1 saturated heterocycles. The van der Waals surface area contributed by atoms with Gasteiger partial charge in [-0.1, -0.05) is 28.1 Å². The number of halogens is 1. The molecule has 1 aliphatic heterocycles. The highest BCUT2D eigenvalue weighted by Gasteiger charge is 2.20. The third-order valence-corrected chi connectivity index (χ3v) is 3.84. The summed E-state index contributed by atoms with van der Waals surface area (Å²) in [5, 5.41) is 3.29. The fraction of sp³-hybridized carbons (Fsp3) is 0.500. The Morgan fingerprint density at radius 3 is 2.82 bits per heavy atom. The van der Waals surface area contributed by atoms with E-state index >= 15 is 0 Å². The summed E-state index contributed by atoms with van der Waals surface area (Å²) in [6, 6.07) is 8.21. The van der Waals surface area contributed by atoms with Gasteiger partial charge in [-0.3, -0.25) is 4.79 Å². The number of carbonyl (C=O) groups is 1. The summed E-state index contributed by atoms with van der Waals surface area (Å²) in [4.78, 5) is 12.0. The maximum atomic E-state index is 12.0. The van der Waals surface area contributed by atoms with Gasteiger partial charge < -0.3 is 5.32 Å². The third kappa shape index (κ3) is 3.93. The van der Waals surface area contributed by atoms with Gasteiger partial charge in [-0.2, -0.15) is 0 Å². The third-order valence-electron chi connectivity index (χ3n) is 3.34. The minimum absolute atomic E-state index is 0.295. The van der Waals surface area contributed by atoms with Crippen molar-refractivity contribution in [3.63, 3.8) is 0 Å². The second-order valence-corrected chi connectivity index (χ2v) is 5.54. The Morgan fingerprint density at radius 1 is 1.35 bits per heavy atom. The van der Waals surface area contributed by atoms with E-state index in [0.29, 0.717) is 18.1 Å². The van der Waals surface area contributed by atoms with Crippen LogP contribution in [0.15, 0.2) is 28.7 Å². The molecule has 17 heavy (non-hydrogen) atoms. The summed E-state index contributed by atoms with van der Waals surface area (Å²) in [6.45, 7) is 1.99. The molecule has 1 fully saturated rings. The van der Waals surface area contributed by atoms with E-state index < -0.39 is 0 Å². The lowest BCUT2D eigenvalue weighted by Gasteiger charge is -2.21. The van der Waals surface area contributed by atoms with Crippen molar-refractivity contribution in [3.05, 3.63) is 34.3 Å². The zero-order chi connectivity index (χ0) is 12.1. The van der Waals surface area contributed by atoms with Crippen LogP contribution in [-0.4, -0.2) is 18.9 Å². The largest absolute Gasteiger partial charge is 0.317 e. The predicted octanol–water partition coefficient (Wildman–Crippen LogP) is 2.95. The van der Waals surface area contributed by atoms with Gasteiger partial charge in [-0.15, -0.1) is 0 Å². The smallest absolute Gasteiger partial charge is 0.136 e. The highest BCUT2D eigenvalue weighted by molar-refractivity contribution is 9.10. The van der Waals surface area contributed by atoms with E-state index in [4.69, 9.17) is 0 Å². The van der Waals surface area contributed by atoms with Gasteiger partial charge in [-0.05, 0) is 50.0 Å². The maximum absolute atomic E-state index is 12.0. The van der Waals surface area contributed by atoms with Crippen LogP contribution in [0.2, 0.25) is 0 Å². The van der Waals surface area contributed by atoms with Gasteiger partial charge in [0.25, 0.3) is 0 Å². The molecule has 0 bridgehead atoms. The Kier molecular flexibility index (Phi) is 4.75. The van der Waals surface area contributed by atoms with Gasteiger partial charge in [0.2, 0.25) is 0 Å². The molecule has 0 aliphatic carbocycles. The fourth-order valence-corrected chi connectivity index (χ4v) is 2.75. The number of piperidine rings is 1. The SMILES string of the molecule is O=C(CCc1cccc(Br)c1)C1CCNCC1. The van der Waals surface area contributed by atoms with Crippen LogP contribution < -0.4 is 5.32 Å². The van der Waals surface area contributed by atoms with Crippen LogP contribution in [-0.2, 0) is 11.2 Å². The van der Waals surface area contributed by atoms with Gasteiger partial charge >= 0.3 is 0 Å². The Balaban J connectivity index is 1.83. The summed E-state index contributed by atoms with van der Waals surface area (Å²) in [5.74, 6) is 0.731. The van der Waals surface area contributed by atoms with Crippen molar-refractivity contribution >= 4 is 21.7 Å². The summed E-state index contributed by atoms with van der Waals surface area (Å²) in [5.41, 5.74) is 1.24. The zero-order valence-electron chi connectivity index (χ0n) is 9.92. The van der Waals surface area contributed by atoms with Gasteiger partial charge in [0.05, 0.1) is 0 Å². The standard InChI is InChI=1S/C14H18BrNO/c15-13-3-1-2-11(10-13)4-5-14(17)12-6-8-16-9-7-12/h1-3,10,12,16H,4-9H2. The van der Waals surface area contributed by atoms with Crippen LogP contribution in [0.4, 0.5) is 0 Å². The molecule has 0 atom stereocenters. The van der Waals surface area contributed by atoms with Crippen molar-refractivity contribution in [1.29, 1.82) is 0 Å². The monoisotopic (exact) mass is 295 g/mol. The van der Waals surface area contributed by atoms with Crippen LogP contribution in [0.3, 0.4) is 0 Å². The van der Waals surface area contributed by atoms with E-state index in [1.54, 1.807) is 0 Å². The molecule has 1 aromatic rings. The van der Waals surface area contributed by atoms with E-state index in [2.05, 4.69) is 33.4 Å². The van der Waals surface area contributed by atoms with Crippen molar-refractivity contribution < 1.29 is 4.79 Å². The summed E-state index contributed by atoms with van der Waals surface area (Å²) in [6.07, 6.45) is 3.57. The first-order valence-corrected chi connectivity index (χ1v) is 7.03.